The van der Waals surface area contributed by atoms with Crippen molar-refractivity contribution in [2.45, 2.75) is 39.5 Å². The number of alkyl halides is 2. The lowest BCUT2D eigenvalue weighted by Crippen LogP contribution is -2.25. The van der Waals surface area contributed by atoms with Crippen molar-refractivity contribution in [1.82, 2.24) is 0 Å². The number of halogens is 2. The van der Waals surface area contributed by atoms with Crippen molar-refractivity contribution in [3.63, 3.8) is 0 Å². The molecule has 0 bridgehead atoms. The van der Waals surface area contributed by atoms with Gasteiger partial charge in [-0.15, -0.1) is 0 Å². The molecule has 1 saturated carbocycles. The lowest BCUT2D eigenvalue weighted by atomic mass is 9.89. The van der Waals surface area contributed by atoms with Gasteiger partial charge in [0, 0.05) is 13.0 Å². The zero-order chi connectivity index (χ0) is 12.8. The standard InChI is InChI=1S/C14H19F2N/c1-9-4-10(2)12(11(3)5-9)6-13(8-17)7-14(13,15)16/h4-5H,6-8,17H2,1-3H3. The Morgan fingerprint density at radius 2 is 1.65 bits per heavy atom. The van der Waals surface area contributed by atoms with Crippen molar-refractivity contribution in [3.8, 4) is 0 Å². The maximum Gasteiger partial charge on any atom is 0.256 e. The van der Waals surface area contributed by atoms with Crippen LogP contribution >= 0.6 is 0 Å². The van der Waals surface area contributed by atoms with Gasteiger partial charge in [-0.3, -0.25) is 0 Å². The van der Waals surface area contributed by atoms with Crippen LogP contribution in [0.2, 0.25) is 0 Å². The highest BCUT2D eigenvalue weighted by Crippen LogP contribution is 2.61. The summed E-state index contributed by atoms with van der Waals surface area (Å²) in [7, 11) is 0. The zero-order valence-electron chi connectivity index (χ0n) is 10.6. The van der Waals surface area contributed by atoms with Crippen molar-refractivity contribution < 1.29 is 8.78 Å². The van der Waals surface area contributed by atoms with Crippen molar-refractivity contribution in [3.05, 3.63) is 34.4 Å². The smallest absolute Gasteiger partial charge is 0.256 e. The molecule has 0 heterocycles. The topological polar surface area (TPSA) is 26.0 Å². The molecular formula is C14H19F2N. The van der Waals surface area contributed by atoms with Crippen LogP contribution < -0.4 is 5.73 Å². The van der Waals surface area contributed by atoms with Crippen LogP contribution in [0.1, 0.15) is 28.7 Å². The highest BCUT2D eigenvalue weighted by atomic mass is 19.3. The molecule has 0 saturated heterocycles. The van der Waals surface area contributed by atoms with Gasteiger partial charge in [-0.25, -0.2) is 8.78 Å². The van der Waals surface area contributed by atoms with Gasteiger partial charge < -0.3 is 5.73 Å². The highest BCUT2D eigenvalue weighted by Gasteiger charge is 2.69. The Bertz CT molecular complexity index is 431. The van der Waals surface area contributed by atoms with Crippen LogP contribution in [0.3, 0.4) is 0 Å². The summed E-state index contributed by atoms with van der Waals surface area (Å²) in [4.78, 5) is 0. The lowest BCUT2D eigenvalue weighted by molar-refractivity contribution is 0.0665. The highest BCUT2D eigenvalue weighted by molar-refractivity contribution is 5.39. The van der Waals surface area contributed by atoms with Crippen molar-refractivity contribution in [1.29, 1.82) is 0 Å². The Balaban J connectivity index is 2.32. The molecule has 1 fully saturated rings. The maximum absolute atomic E-state index is 13.4. The molecular weight excluding hydrogens is 220 g/mol. The van der Waals surface area contributed by atoms with E-state index in [4.69, 9.17) is 5.73 Å². The van der Waals surface area contributed by atoms with E-state index in [2.05, 4.69) is 0 Å². The number of rotatable bonds is 3. The molecule has 1 aromatic carbocycles. The molecule has 1 aromatic rings. The van der Waals surface area contributed by atoms with Crippen LogP contribution in [0, 0.1) is 26.2 Å². The van der Waals surface area contributed by atoms with Gasteiger partial charge in [-0.2, -0.15) is 0 Å². The predicted octanol–water partition coefficient (Wildman–Crippen LogP) is 3.14. The minimum atomic E-state index is -2.58. The summed E-state index contributed by atoms with van der Waals surface area (Å²) in [6.07, 6.45) is 0.331. The van der Waals surface area contributed by atoms with E-state index >= 15 is 0 Å². The minimum absolute atomic E-state index is 0.0623. The SMILES string of the molecule is Cc1cc(C)c(CC2(CN)CC2(F)F)c(C)c1. The first-order valence-corrected chi connectivity index (χ1v) is 5.96. The lowest BCUT2D eigenvalue weighted by Gasteiger charge is -2.18. The second-order valence-electron chi connectivity index (χ2n) is 5.42. The molecule has 0 aromatic heterocycles. The molecule has 1 aliphatic carbocycles. The summed E-state index contributed by atoms with van der Waals surface area (Å²) < 4.78 is 26.8. The van der Waals surface area contributed by atoms with Crippen molar-refractivity contribution in [2.75, 3.05) is 6.54 Å². The van der Waals surface area contributed by atoms with Crippen LogP contribution in [0.5, 0.6) is 0 Å². The molecule has 1 unspecified atom stereocenters. The average molecular weight is 239 g/mol. The van der Waals surface area contributed by atoms with Gasteiger partial charge in [0.05, 0.1) is 5.41 Å². The maximum atomic E-state index is 13.4. The Kier molecular flexibility index (Phi) is 2.77. The number of hydrogen-bond acceptors (Lipinski definition) is 1. The molecule has 1 aliphatic rings. The minimum Gasteiger partial charge on any atom is -0.330 e. The van der Waals surface area contributed by atoms with Crippen molar-refractivity contribution >= 4 is 0 Å². The molecule has 17 heavy (non-hydrogen) atoms. The second kappa shape index (κ2) is 3.77. The van der Waals surface area contributed by atoms with Gasteiger partial charge >= 0.3 is 0 Å². The molecule has 94 valence electrons. The van der Waals surface area contributed by atoms with E-state index < -0.39 is 11.3 Å². The first-order chi connectivity index (χ1) is 7.81. The van der Waals surface area contributed by atoms with Crippen LogP contribution in [0.4, 0.5) is 8.78 Å². The van der Waals surface area contributed by atoms with E-state index in [0.717, 1.165) is 16.7 Å². The first-order valence-electron chi connectivity index (χ1n) is 5.96. The van der Waals surface area contributed by atoms with E-state index in [9.17, 15) is 8.78 Å². The summed E-state index contributed by atoms with van der Waals surface area (Å²) in [5.41, 5.74) is 8.96. The number of nitrogens with two attached hydrogens (primary N) is 1. The molecule has 0 spiro atoms. The third-order valence-electron chi connectivity index (χ3n) is 3.96. The van der Waals surface area contributed by atoms with E-state index in [1.165, 1.54) is 5.56 Å². The quantitative estimate of drug-likeness (QED) is 0.861. The van der Waals surface area contributed by atoms with E-state index in [0.29, 0.717) is 6.42 Å². The fraction of sp³-hybridized carbons (Fsp3) is 0.571. The average Bonchev–Trinajstić information content (AvgIpc) is 2.75. The van der Waals surface area contributed by atoms with E-state index in [-0.39, 0.29) is 13.0 Å². The third-order valence-corrected chi connectivity index (χ3v) is 3.96. The number of hydrogen-bond donors (Lipinski definition) is 1. The van der Waals surface area contributed by atoms with E-state index in [1.54, 1.807) is 0 Å². The van der Waals surface area contributed by atoms with Gasteiger partial charge in [0.25, 0.3) is 5.92 Å². The summed E-state index contributed by atoms with van der Waals surface area (Å²) >= 11 is 0. The van der Waals surface area contributed by atoms with E-state index in [1.807, 2.05) is 32.9 Å². The number of aryl methyl sites for hydroxylation is 3. The summed E-state index contributed by atoms with van der Waals surface area (Å²) in [5.74, 6) is -2.58. The van der Waals surface area contributed by atoms with Gasteiger partial charge in [-0.05, 0) is 43.9 Å². The molecule has 3 heteroatoms. The Morgan fingerprint density at radius 1 is 1.18 bits per heavy atom. The monoisotopic (exact) mass is 239 g/mol. The zero-order valence-corrected chi connectivity index (χ0v) is 10.6. The summed E-state index contributed by atoms with van der Waals surface area (Å²) in [6, 6.07) is 4.10. The second-order valence-corrected chi connectivity index (χ2v) is 5.42. The van der Waals surface area contributed by atoms with Gasteiger partial charge in [-0.1, -0.05) is 17.7 Å². The van der Waals surface area contributed by atoms with Crippen LogP contribution in [0.25, 0.3) is 0 Å². The van der Waals surface area contributed by atoms with Crippen LogP contribution in [0.15, 0.2) is 12.1 Å². The van der Waals surface area contributed by atoms with Crippen LogP contribution in [-0.4, -0.2) is 12.5 Å². The Labute approximate surface area is 101 Å². The fourth-order valence-electron chi connectivity index (χ4n) is 2.69. The number of benzene rings is 1. The molecule has 1 atom stereocenters. The van der Waals surface area contributed by atoms with Gasteiger partial charge in [0.15, 0.2) is 0 Å². The molecule has 0 amide bonds. The fourth-order valence-corrected chi connectivity index (χ4v) is 2.69. The van der Waals surface area contributed by atoms with Crippen LogP contribution in [-0.2, 0) is 6.42 Å². The normalized spacial score (nSPS) is 26.0. The molecule has 1 nitrogen and oxygen atoms in total. The summed E-state index contributed by atoms with van der Waals surface area (Å²) in [6.45, 7) is 6.06. The molecule has 0 aliphatic heterocycles. The predicted molar refractivity (Wildman–Crippen MR) is 65.4 cm³/mol. The summed E-state index contributed by atoms with van der Waals surface area (Å²) in [5, 5.41) is 0. The third kappa shape index (κ3) is 1.97. The first kappa shape index (κ1) is 12.5. The van der Waals surface area contributed by atoms with Gasteiger partial charge in [0.1, 0.15) is 0 Å². The Morgan fingerprint density at radius 3 is 2.00 bits per heavy atom. The molecule has 0 radical (unpaired) electrons. The Hall–Kier alpha value is -0.960. The molecule has 2 N–H and O–H groups in total. The van der Waals surface area contributed by atoms with Crippen molar-refractivity contribution in [2.24, 2.45) is 11.1 Å². The molecule has 2 rings (SSSR count). The largest absolute Gasteiger partial charge is 0.330 e. The van der Waals surface area contributed by atoms with Gasteiger partial charge in [0.2, 0.25) is 0 Å².